The van der Waals surface area contributed by atoms with Crippen molar-refractivity contribution in [2.24, 2.45) is 0 Å². The molecule has 0 saturated heterocycles. The van der Waals surface area contributed by atoms with Crippen LogP contribution >= 0.6 is 39.1 Å². The lowest BCUT2D eigenvalue weighted by Crippen LogP contribution is -2.54. The van der Waals surface area contributed by atoms with Crippen LogP contribution in [0.3, 0.4) is 0 Å². The number of sulfonamides is 1. The second kappa shape index (κ2) is 14.5. The van der Waals surface area contributed by atoms with Gasteiger partial charge in [0.1, 0.15) is 12.6 Å². The number of benzene rings is 3. The quantitative estimate of drug-likeness (QED) is 0.240. The summed E-state index contributed by atoms with van der Waals surface area (Å²) in [7, 11) is -3.86. The number of amides is 2. The van der Waals surface area contributed by atoms with E-state index in [1.54, 1.807) is 36.4 Å². The van der Waals surface area contributed by atoms with Crippen molar-refractivity contribution >= 4 is 66.7 Å². The predicted molar refractivity (Wildman–Crippen MR) is 170 cm³/mol. The summed E-state index contributed by atoms with van der Waals surface area (Å²) < 4.78 is 27.7. The maximum absolute atomic E-state index is 14.1. The van der Waals surface area contributed by atoms with Crippen LogP contribution in [0.5, 0.6) is 0 Å². The van der Waals surface area contributed by atoms with Crippen molar-refractivity contribution in [2.45, 2.75) is 52.2 Å². The van der Waals surface area contributed by atoms with Crippen molar-refractivity contribution in [3.05, 3.63) is 97.9 Å². The third kappa shape index (κ3) is 9.20. The normalized spacial score (nSPS) is 12.9. The van der Waals surface area contributed by atoms with Crippen LogP contribution in [-0.2, 0) is 32.6 Å². The molecule has 41 heavy (non-hydrogen) atoms. The van der Waals surface area contributed by atoms with Gasteiger partial charge in [0, 0.05) is 23.5 Å². The molecule has 11 heteroatoms. The van der Waals surface area contributed by atoms with Crippen LogP contribution in [0.15, 0.2) is 71.2 Å². The molecule has 0 aromatic heterocycles. The zero-order chi connectivity index (χ0) is 30.3. The number of aryl methyl sites for hydroxylation is 1. The Bertz CT molecular complexity index is 1490. The lowest BCUT2D eigenvalue weighted by molar-refractivity contribution is -0.140. The van der Waals surface area contributed by atoms with E-state index in [-0.39, 0.29) is 24.9 Å². The van der Waals surface area contributed by atoms with E-state index in [0.29, 0.717) is 27.7 Å². The summed E-state index contributed by atoms with van der Waals surface area (Å²) in [6.45, 7) is 5.20. The van der Waals surface area contributed by atoms with Gasteiger partial charge in [0.25, 0.3) is 0 Å². The summed E-state index contributed by atoms with van der Waals surface area (Å²) in [6.07, 6.45) is 1.99. The number of rotatable bonds is 12. The zero-order valence-corrected chi connectivity index (χ0v) is 27.3. The molecule has 3 rings (SSSR count). The number of nitrogens with one attached hydrogen (secondary N) is 1. The molecular weight excluding hydrogens is 649 g/mol. The molecule has 2 unspecified atom stereocenters. The van der Waals surface area contributed by atoms with Gasteiger partial charge in [-0.05, 0) is 67.3 Å². The Hall–Kier alpha value is -2.59. The van der Waals surface area contributed by atoms with Crippen molar-refractivity contribution in [1.29, 1.82) is 0 Å². The second-order valence-electron chi connectivity index (χ2n) is 10.00. The van der Waals surface area contributed by atoms with Crippen molar-refractivity contribution < 1.29 is 18.0 Å². The molecule has 2 atom stereocenters. The number of nitrogens with zero attached hydrogens (tertiary/aromatic N) is 2. The Kier molecular flexibility index (Phi) is 11.7. The highest BCUT2D eigenvalue weighted by Gasteiger charge is 2.33. The molecule has 0 aliphatic carbocycles. The van der Waals surface area contributed by atoms with Gasteiger partial charge in [-0.15, -0.1) is 0 Å². The first kappa shape index (κ1) is 32.9. The average molecular weight is 683 g/mol. The highest BCUT2D eigenvalue weighted by atomic mass is 79.9. The molecule has 0 radical (unpaired) electrons. The monoisotopic (exact) mass is 681 g/mol. The lowest BCUT2D eigenvalue weighted by atomic mass is 10.0. The summed E-state index contributed by atoms with van der Waals surface area (Å²) >= 11 is 15.8. The minimum Gasteiger partial charge on any atom is -0.352 e. The van der Waals surface area contributed by atoms with Crippen LogP contribution in [0.25, 0.3) is 0 Å². The van der Waals surface area contributed by atoms with Gasteiger partial charge < -0.3 is 10.2 Å². The lowest BCUT2D eigenvalue weighted by Gasteiger charge is -2.34. The number of anilines is 1. The van der Waals surface area contributed by atoms with E-state index in [0.717, 1.165) is 26.2 Å². The molecule has 3 aromatic rings. The van der Waals surface area contributed by atoms with E-state index in [1.807, 2.05) is 51.1 Å². The molecule has 220 valence electrons. The molecule has 1 N–H and O–H groups in total. The fourth-order valence-corrected chi connectivity index (χ4v) is 5.64. The van der Waals surface area contributed by atoms with Gasteiger partial charge in [-0.25, -0.2) is 8.42 Å². The summed E-state index contributed by atoms with van der Waals surface area (Å²) in [5.74, 6) is -0.871. The van der Waals surface area contributed by atoms with E-state index in [1.165, 1.54) is 4.90 Å². The summed E-state index contributed by atoms with van der Waals surface area (Å²) in [6, 6.07) is 18.4. The maximum atomic E-state index is 14.1. The van der Waals surface area contributed by atoms with Gasteiger partial charge in [0.15, 0.2) is 0 Å². The Balaban J connectivity index is 2.09. The number of carbonyl (C=O) groups is 2. The highest BCUT2D eigenvalue weighted by Crippen LogP contribution is 2.27. The second-order valence-corrected chi connectivity index (χ2v) is 13.6. The largest absolute Gasteiger partial charge is 0.352 e. The standard InChI is InChI=1S/C30H34BrCl2N3O4S/c1-5-21(3)34-30(38)28(17-22-9-7-6-8-10-22)35(18-23-11-14-26(32)27(33)16-23)29(37)19-36(41(4,39)40)24-12-13-25(31)20(2)15-24/h6-16,21,28H,5,17-19H2,1-4H3,(H,34,38). The molecule has 0 saturated carbocycles. The molecule has 2 amide bonds. The molecule has 0 spiro atoms. The maximum Gasteiger partial charge on any atom is 0.244 e. The molecule has 7 nitrogen and oxygen atoms in total. The zero-order valence-electron chi connectivity index (χ0n) is 23.4. The van der Waals surface area contributed by atoms with Gasteiger partial charge in [-0.1, -0.05) is 82.5 Å². The SMILES string of the molecule is CCC(C)NC(=O)C(Cc1ccccc1)N(Cc1ccc(Cl)c(Cl)c1)C(=O)CN(c1ccc(Br)c(C)c1)S(C)(=O)=O. The van der Waals surface area contributed by atoms with Crippen LogP contribution in [0.4, 0.5) is 5.69 Å². The highest BCUT2D eigenvalue weighted by molar-refractivity contribution is 9.10. The number of hydrogen-bond acceptors (Lipinski definition) is 4. The minimum absolute atomic E-state index is 0.0120. The smallest absolute Gasteiger partial charge is 0.244 e. The van der Waals surface area contributed by atoms with Crippen molar-refractivity contribution in [1.82, 2.24) is 10.2 Å². The van der Waals surface area contributed by atoms with E-state index in [2.05, 4.69) is 21.2 Å². The fourth-order valence-electron chi connectivity index (χ4n) is 4.23. The summed E-state index contributed by atoms with van der Waals surface area (Å²) in [5, 5.41) is 3.67. The molecule has 0 fully saturated rings. The molecule has 3 aromatic carbocycles. The molecular formula is C30H34BrCl2N3O4S. The Morgan fingerprint density at radius 1 is 0.976 bits per heavy atom. The van der Waals surface area contributed by atoms with E-state index in [4.69, 9.17) is 23.2 Å². The van der Waals surface area contributed by atoms with Crippen LogP contribution in [0.1, 0.15) is 37.0 Å². The minimum atomic E-state index is -3.86. The van der Waals surface area contributed by atoms with Gasteiger partial charge in [-0.3, -0.25) is 13.9 Å². The van der Waals surface area contributed by atoms with Crippen LogP contribution < -0.4 is 9.62 Å². The van der Waals surface area contributed by atoms with Crippen LogP contribution in [0, 0.1) is 6.92 Å². The van der Waals surface area contributed by atoms with E-state index >= 15 is 0 Å². The first-order valence-electron chi connectivity index (χ1n) is 13.1. The summed E-state index contributed by atoms with van der Waals surface area (Å²) in [5.41, 5.74) is 2.66. The number of halogens is 3. The Labute approximate surface area is 261 Å². The topological polar surface area (TPSA) is 86.8 Å². The predicted octanol–water partition coefficient (Wildman–Crippen LogP) is 6.39. The van der Waals surface area contributed by atoms with Crippen LogP contribution in [0.2, 0.25) is 10.0 Å². The molecule has 0 aliphatic heterocycles. The molecule has 0 aliphatic rings. The third-order valence-electron chi connectivity index (χ3n) is 6.72. The molecule has 0 bridgehead atoms. The van der Waals surface area contributed by atoms with Gasteiger partial charge >= 0.3 is 0 Å². The Morgan fingerprint density at radius 3 is 2.24 bits per heavy atom. The molecule has 0 heterocycles. The van der Waals surface area contributed by atoms with Crippen molar-refractivity contribution in [2.75, 3.05) is 17.1 Å². The average Bonchev–Trinajstić information content (AvgIpc) is 2.92. The van der Waals surface area contributed by atoms with Gasteiger partial charge in [0.2, 0.25) is 21.8 Å². The first-order chi connectivity index (χ1) is 19.3. The summed E-state index contributed by atoms with van der Waals surface area (Å²) in [4.78, 5) is 29.3. The number of carbonyl (C=O) groups excluding carboxylic acids is 2. The number of hydrogen-bond donors (Lipinski definition) is 1. The van der Waals surface area contributed by atoms with Crippen LogP contribution in [-0.4, -0.2) is 50.0 Å². The van der Waals surface area contributed by atoms with Gasteiger partial charge in [0.05, 0.1) is 22.0 Å². The van der Waals surface area contributed by atoms with Gasteiger partial charge in [-0.2, -0.15) is 0 Å². The Morgan fingerprint density at radius 2 is 1.66 bits per heavy atom. The van der Waals surface area contributed by atoms with E-state index < -0.39 is 28.5 Å². The fraction of sp³-hybridized carbons (Fsp3) is 0.333. The first-order valence-corrected chi connectivity index (χ1v) is 16.5. The third-order valence-corrected chi connectivity index (χ3v) is 9.49. The van der Waals surface area contributed by atoms with Crippen molar-refractivity contribution in [3.63, 3.8) is 0 Å². The van der Waals surface area contributed by atoms with Crippen molar-refractivity contribution in [3.8, 4) is 0 Å². The van der Waals surface area contributed by atoms with E-state index in [9.17, 15) is 18.0 Å².